The third-order valence-electron chi connectivity index (χ3n) is 3.21. The second-order valence-electron chi connectivity index (χ2n) is 4.53. The molecule has 3 rings (SSSR count). The molecule has 0 radical (unpaired) electrons. The topological polar surface area (TPSA) is 47.0 Å². The van der Waals surface area contributed by atoms with E-state index in [0.717, 1.165) is 11.3 Å². The largest absolute Gasteiger partial charge is 0.497 e. The summed E-state index contributed by atoms with van der Waals surface area (Å²) in [6, 6.07) is 11.8. The summed E-state index contributed by atoms with van der Waals surface area (Å²) in [5, 5.41) is 0. The second-order valence-corrected chi connectivity index (χ2v) is 4.53. The first-order valence-corrected chi connectivity index (χ1v) is 6.18. The van der Waals surface area contributed by atoms with Gasteiger partial charge in [-0.05, 0) is 35.9 Å². The van der Waals surface area contributed by atoms with E-state index in [0.29, 0.717) is 17.6 Å². The van der Waals surface area contributed by atoms with Crippen LogP contribution < -0.4 is 10.4 Å². The maximum Gasteiger partial charge on any atom is 0.326 e. The molecule has 0 amide bonds. The van der Waals surface area contributed by atoms with Gasteiger partial charge in [0, 0.05) is 0 Å². The summed E-state index contributed by atoms with van der Waals surface area (Å²) in [4.78, 5) is 14.6. The number of methoxy groups -OCH3 is 1. The van der Waals surface area contributed by atoms with Crippen LogP contribution >= 0.6 is 0 Å². The van der Waals surface area contributed by atoms with Gasteiger partial charge >= 0.3 is 5.69 Å². The van der Waals surface area contributed by atoms with Crippen LogP contribution in [0.3, 0.4) is 0 Å². The van der Waals surface area contributed by atoms with Crippen molar-refractivity contribution in [2.45, 2.75) is 6.54 Å². The highest BCUT2D eigenvalue weighted by Gasteiger charge is 2.08. The number of benzene rings is 2. The molecule has 102 valence electrons. The Kier molecular flexibility index (Phi) is 3.02. The van der Waals surface area contributed by atoms with Crippen molar-refractivity contribution < 1.29 is 9.13 Å². The number of ether oxygens (including phenoxy) is 1. The fraction of sp³-hybridized carbons (Fsp3) is 0.133. The Balaban J connectivity index is 2.06. The van der Waals surface area contributed by atoms with Crippen molar-refractivity contribution in [1.29, 1.82) is 0 Å². The number of hydrogen-bond donors (Lipinski definition) is 1. The minimum atomic E-state index is -0.368. The van der Waals surface area contributed by atoms with E-state index in [1.54, 1.807) is 17.7 Å². The highest BCUT2D eigenvalue weighted by Crippen LogP contribution is 2.16. The average molecular weight is 272 g/mol. The lowest BCUT2D eigenvalue weighted by Gasteiger charge is -2.06. The van der Waals surface area contributed by atoms with E-state index in [9.17, 15) is 9.18 Å². The van der Waals surface area contributed by atoms with Gasteiger partial charge in [0.2, 0.25) is 0 Å². The van der Waals surface area contributed by atoms with Crippen LogP contribution in [0.4, 0.5) is 4.39 Å². The molecule has 2 aromatic carbocycles. The van der Waals surface area contributed by atoms with E-state index in [-0.39, 0.29) is 11.5 Å². The van der Waals surface area contributed by atoms with Gasteiger partial charge < -0.3 is 9.72 Å². The zero-order chi connectivity index (χ0) is 14.1. The molecule has 20 heavy (non-hydrogen) atoms. The molecule has 0 atom stereocenters. The van der Waals surface area contributed by atoms with Crippen LogP contribution in [0.15, 0.2) is 47.3 Å². The van der Waals surface area contributed by atoms with Crippen molar-refractivity contribution >= 4 is 11.0 Å². The van der Waals surface area contributed by atoms with Crippen LogP contribution in [-0.4, -0.2) is 16.7 Å². The van der Waals surface area contributed by atoms with Crippen LogP contribution in [0.2, 0.25) is 0 Å². The number of halogens is 1. The number of imidazole rings is 1. The van der Waals surface area contributed by atoms with Crippen molar-refractivity contribution in [1.82, 2.24) is 9.55 Å². The maximum absolute atomic E-state index is 13.2. The lowest BCUT2D eigenvalue weighted by molar-refractivity contribution is 0.414. The molecule has 0 fully saturated rings. The van der Waals surface area contributed by atoms with Gasteiger partial charge in [0.25, 0.3) is 0 Å². The fourth-order valence-corrected chi connectivity index (χ4v) is 2.25. The third kappa shape index (κ3) is 2.18. The van der Waals surface area contributed by atoms with E-state index in [1.165, 1.54) is 12.1 Å². The molecule has 0 aliphatic carbocycles. The Morgan fingerprint density at radius 1 is 1.25 bits per heavy atom. The summed E-state index contributed by atoms with van der Waals surface area (Å²) in [5.74, 6) is 0.369. The molecular weight excluding hydrogens is 259 g/mol. The number of aromatic nitrogens is 2. The SMILES string of the molecule is COc1cccc(Cn2c(=O)[nH]c3cc(F)ccc32)c1. The van der Waals surface area contributed by atoms with Crippen LogP contribution in [0.5, 0.6) is 5.75 Å². The van der Waals surface area contributed by atoms with Crippen molar-refractivity contribution in [3.05, 3.63) is 64.3 Å². The molecule has 0 saturated heterocycles. The predicted octanol–water partition coefficient (Wildman–Crippen LogP) is 2.53. The zero-order valence-corrected chi connectivity index (χ0v) is 10.9. The summed E-state index contributed by atoms with van der Waals surface area (Å²) in [6.07, 6.45) is 0. The van der Waals surface area contributed by atoms with Gasteiger partial charge in [-0.25, -0.2) is 9.18 Å². The van der Waals surface area contributed by atoms with E-state index < -0.39 is 0 Å². The highest BCUT2D eigenvalue weighted by atomic mass is 19.1. The van der Waals surface area contributed by atoms with Crippen LogP contribution in [0.1, 0.15) is 5.56 Å². The molecule has 1 heterocycles. The number of fused-ring (bicyclic) bond motifs is 1. The molecule has 5 heteroatoms. The molecule has 0 aliphatic heterocycles. The number of nitrogens with zero attached hydrogens (tertiary/aromatic N) is 1. The van der Waals surface area contributed by atoms with Crippen molar-refractivity contribution in [2.75, 3.05) is 7.11 Å². The standard InChI is InChI=1S/C15H13FN2O2/c1-20-12-4-2-3-10(7-12)9-18-14-6-5-11(16)8-13(14)17-15(18)19/h2-8H,9H2,1H3,(H,17,19). The fourth-order valence-electron chi connectivity index (χ4n) is 2.25. The van der Waals surface area contributed by atoms with Gasteiger partial charge in [0.1, 0.15) is 11.6 Å². The molecular formula is C15H13FN2O2. The van der Waals surface area contributed by atoms with Gasteiger partial charge in [-0.3, -0.25) is 4.57 Å². The number of rotatable bonds is 3. The average Bonchev–Trinajstić information content (AvgIpc) is 2.74. The lowest BCUT2D eigenvalue weighted by Crippen LogP contribution is -2.17. The summed E-state index contributed by atoms with van der Waals surface area (Å²) >= 11 is 0. The minimum Gasteiger partial charge on any atom is -0.497 e. The van der Waals surface area contributed by atoms with Crippen LogP contribution in [-0.2, 0) is 6.54 Å². The second kappa shape index (κ2) is 4.85. The number of hydrogen-bond acceptors (Lipinski definition) is 2. The normalized spacial score (nSPS) is 10.9. The van der Waals surface area contributed by atoms with Crippen molar-refractivity contribution in [3.63, 3.8) is 0 Å². The summed E-state index contributed by atoms with van der Waals surface area (Å²) in [7, 11) is 1.60. The molecule has 0 aliphatic rings. The summed E-state index contributed by atoms with van der Waals surface area (Å²) in [6.45, 7) is 0.404. The summed E-state index contributed by atoms with van der Waals surface area (Å²) < 4.78 is 19.9. The van der Waals surface area contributed by atoms with Crippen LogP contribution in [0.25, 0.3) is 11.0 Å². The van der Waals surface area contributed by atoms with Crippen LogP contribution in [0, 0.1) is 5.82 Å². The molecule has 0 saturated carbocycles. The van der Waals surface area contributed by atoms with Gasteiger partial charge in [-0.15, -0.1) is 0 Å². The molecule has 0 bridgehead atoms. The van der Waals surface area contributed by atoms with E-state index in [4.69, 9.17) is 4.74 Å². The molecule has 0 unspecified atom stereocenters. The zero-order valence-electron chi connectivity index (χ0n) is 10.9. The van der Waals surface area contributed by atoms with Gasteiger partial charge in [0.15, 0.2) is 0 Å². The minimum absolute atomic E-state index is 0.256. The van der Waals surface area contributed by atoms with Crippen molar-refractivity contribution in [3.8, 4) is 5.75 Å². The Hall–Kier alpha value is -2.56. The molecule has 3 aromatic rings. The Bertz CT molecular complexity index is 820. The lowest BCUT2D eigenvalue weighted by atomic mass is 10.2. The third-order valence-corrected chi connectivity index (χ3v) is 3.21. The van der Waals surface area contributed by atoms with E-state index in [2.05, 4.69) is 4.98 Å². The van der Waals surface area contributed by atoms with Gasteiger partial charge in [-0.2, -0.15) is 0 Å². The first kappa shape index (κ1) is 12.5. The van der Waals surface area contributed by atoms with Gasteiger partial charge in [-0.1, -0.05) is 12.1 Å². The number of aromatic amines is 1. The Morgan fingerprint density at radius 3 is 2.90 bits per heavy atom. The number of nitrogens with one attached hydrogen (secondary N) is 1. The van der Waals surface area contributed by atoms with Gasteiger partial charge in [0.05, 0.1) is 24.7 Å². The van der Waals surface area contributed by atoms with E-state index in [1.807, 2.05) is 24.3 Å². The monoisotopic (exact) mass is 272 g/mol. The Labute approximate surface area is 114 Å². The maximum atomic E-state index is 13.2. The first-order chi connectivity index (χ1) is 9.67. The smallest absolute Gasteiger partial charge is 0.326 e. The quantitative estimate of drug-likeness (QED) is 0.796. The highest BCUT2D eigenvalue weighted by molar-refractivity contribution is 5.75. The molecule has 1 N–H and O–H groups in total. The molecule has 0 spiro atoms. The Morgan fingerprint density at radius 2 is 2.10 bits per heavy atom. The van der Waals surface area contributed by atoms with E-state index >= 15 is 0 Å². The number of H-pyrrole nitrogens is 1. The predicted molar refractivity (Wildman–Crippen MR) is 74.6 cm³/mol. The molecule has 4 nitrogen and oxygen atoms in total. The van der Waals surface area contributed by atoms with Crippen molar-refractivity contribution in [2.24, 2.45) is 0 Å². The summed E-state index contributed by atoms with van der Waals surface area (Å²) in [5.41, 5.74) is 1.86. The first-order valence-electron chi connectivity index (χ1n) is 6.18. The molecule has 1 aromatic heterocycles.